The number of benzene rings is 1. The minimum atomic E-state index is -0.430. The molecular formula is C20H22N4O. The van der Waals surface area contributed by atoms with Gasteiger partial charge in [-0.25, -0.2) is 4.98 Å². The number of imidazole rings is 1. The molecule has 0 aliphatic carbocycles. The van der Waals surface area contributed by atoms with Crippen molar-refractivity contribution in [2.45, 2.75) is 25.3 Å². The van der Waals surface area contributed by atoms with E-state index in [0.29, 0.717) is 17.1 Å². The summed E-state index contributed by atoms with van der Waals surface area (Å²) >= 11 is 0. The Labute approximate surface area is 147 Å². The maximum atomic E-state index is 11.6. The van der Waals surface area contributed by atoms with Gasteiger partial charge in [-0.15, -0.1) is 0 Å². The van der Waals surface area contributed by atoms with Crippen LogP contribution in [0.15, 0.2) is 54.9 Å². The number of primary amides is 1. The molecule has 1 amide bonds. The molecule has 0 spiro atoms. The van der Waals surface area contributed by atoms with Crippen molar-refractivity contribution in [1.82, 2.24) is 14.3 Å². The van der Waals surface area contributed by atoms with E-state index in [1.54, 1.807) is 6.07 Å². The van der Waals surface area contributed by atoms with Crippen molar-refractivity contribution in [1.29, 1.82) is 0 Å². The molecule has 1 aliphatic heterocycles. The number of hydrogen-bond donors (Lipinski definition) is 1. The lowest BCUT2D eigenvalue weighted by molar-refractivity contribution is 0.100. The first-order valence-electron chi connectivity index (χ1n) is 8.74. The summed E-state index contributed by atoms with van der Waals surface area (Å²) in [6.45, 7) is 3.14. The van der Waals surface area contributed by atoms with Crippen LogP contribution in [0.4, 0.5) is 0 Å². The second kappa shape index (κ2) is 6.69. The number of likely N-dealkylation sites (tertiary alicyclic amines) is 1. The molecule has 1 aromatic carbocycles. The second-order valence-corrected chi connectivity index (χ2v) is 6.72. The van der Waals surface area contributed by atoms with Gasteiger partial charge < -0.3 is 10.1 Å². The minimum absolute atomic E-state index is 0.430. The Morgan fingerprint density at radius 2 is 1.88 bits per heavy atom. The molecule has 0 radical (unpaired) electrons. The molecular weight excluding hydrogens is 312 g/mol. The summed E-state index contributed by atoms with van der Waals surface area (Å²) in [5.41, 5.74) is 9.03. The molecule has 5 nitrogen and oxygen atoms in total. The Balaban J connectivity index is 1.46. The van der Waals surface area contributed by atoms with Crippen molar-refractivity contribution in [3.8, 4) is 0 Å². The Hall–Kier alpha value is -2.66. The van der Waals surface area contributed by atoms with Gasteiger partial charge in [-0.05, 0) is 43.6 Å². The molecule has 0 unspecified atom stereocenters. The van der Waals surface area contributed by atoms with Gasteiger partial charge in [0.25, 0.3) is 5.91 Å². The smallest absolute Gasteiger partial charge is 0.252 e. The molecule has 128 valence electrons. The molecule has 2 aromatic heterocycles. The summed E-state index contributed by atoms with van der Waals surface area (Å²) in [6, 6.07) is 14.2. The van der Waals surface area contributed by atoms with Crippen LogP contribution < -0.4 is 5.73 Å². The fourth-order valence-corrected chi connectivity index (χ4v) is 3.65. The van der Waals surface area contributed by atoms with Crippen LogP contribution in [0, 0.1) is 0 Å². The molecule has 3 heterocycles. The highest BCUT2D eigenvalue weighted by Crippen LogP contribution is 2.28. The highest BCUT2D eigenvalue weighted by Gasteiger charge is 2.23. The van der Waals surface area contributed by atoms with Crippen LogP contribution in [0.5, 0.6) is 0 Å². The van der Waals surface area contributed by atoms with Gasteiger partial charge in [-0.1, -0.05) is 30.3 Å². The zero-order chi connectivity index (χ0) is 17.2. The average Bonchev–Trinajstić information content (AvgIpc) is 3.07. The first kappa shape index (κ1) is 15.8. The summed E-state index contributed by atoms with van der Waals surface area (Å²) < 4.78 is 1.91. The number of amides is 1. The van der Waals surface area contributed by atoms with Gasteiger partial charge in [-0.3, -0.25) is 9.69 Å². The van der Waals surface area contributed by atoms with Crippen molar-refractivity contribution >= 4 is 11.6 Å². The number of rotatable bonds is 4. The van der Waals surface area contributed by atoms with Crippen molar-refractivity contribution < 1.29 is 4.79 Å². The van der Waals surface area contributed by atoms with Crippen LogP contribution in [-0.4, -0.2) is 33.3 Å². The molecule has 0 saturated carbocycles. The Morgan fingerprint density at radius 3 is 2.60 bits per heavy atom. The Morgan fingerprint density at radius 1 is 1.12 bits per heavy atom. The van der Waals surface area contributed by atoms with E-state index in [1.165, 1.54) is 5.56 Å². The Kier molecular flexibility index (Phi) is 4.24. The van der Waals surface area contributed by atoms with Gasteiger partial charge in [0.2, 0.25) is 0 Å². The van der Waals surface area contributed by atoms with E-state index in [4.69, 9.17) is 10.7 Å². The van der Waals surface area contributed by atoms with Crippen molar-refractivity contribution in [3.05, 3.63) is 71.7 Å². The van der Waals surface area contributed by atoms with Crippen LogP contribution in [0.1, 0.15) is 40.4 Å². The quantitative estimate of drug-likeness (QED) is 0.798. The molecule has 0 bridgehead atoms. The zero-order valence-electron chi connectivity index (χ0n) is 14.1. The van der Waals surface area contributed by atoms with Crippen LogP contribution >= 0.6 is 0 Å². The summed E-state index contributed by atoms with van der Waals surface area (Å²) in [6.07, 6.45) is 6.13. The maximum absolute atomic E-state index is 11.6. The largest absolute Gasteiger partial charge is 0.365 e. The summed E-state index contributed by atoms with van der Waals surface area (Å²) in [5.74, 6) is 0.00748. The molecule has 1 aliphatic rings. The van der Waals surface area contributed by atoms with Crippen molar-refractivity contribution in [2.24, 2.45) is 5.73 Å². The average molecular weight is 334 g/mol. The van der Waals surface area contributed by atoms with E-state index in [2.05, 4.69) is 35.2 Å². The van der Waals surface area contributed by atoms with Gasteiger partial charge in [-0.2, -0.15) is 0 Å². The SMILES string of the molecule is NC(=O)c1cccn2cc(C3CCN(Cc4ccccc4)CC3)nc12. The molecule has 3 aromatic rings. The number of hydrogen-bond acceptors (Lipinski definition) is 3. The number of piperidine rings is 1. The monoisotopic (exact) mass is 334 g/mol. The van der Waals surface area contributed by atoms with Crippen LogP contribution in [-0.2, 0) is 6.54 Å². The third kappa shape index (κ3) is 3.28. The highest BCUT2D eigenvalue weighted by atomic mass is 16.1. The second-order valence-electron chi connectivity index (χ2n) is 6.72. The van der Waals surface area contributed by atoms with E-state index in [1.807, 2.05) is 22.9 Å². The third-order valence-electron chi connectivity index (χ3n) is 5.02. The topological polar surface area (TPSA) is 63.6 Å². The van der Waals surface area contributed by atoms with Crippen molar-refractivity contribution in [3.63, 3.8) is 0 Å². The minimum Gasteiger partial charge on any atom is -0.365 e. The fourth-order valence-electron chi connectivity index (χ4n) is 3.65. The molecule has 1 fully saturated rings. The third-order valence-corrected chi connectivity index (χ3v) is 5.02. The van der Waals surface area contributed by atoms with Crippen molar-refractivity contribution in [2.75, 3.05) is 13.1 Å². The number of pyridine rings is 1. The van der Waals surface area contributed by atoms with Crippen LogP contribution in [0.25, 0.3) is 5.65 Å². The number of nitrogens with zero attached hydrogens (tertiary/aromatic N) is 3. The summed E-state index contributed by atoms with van der Waals surface area (Å²) in [7, 11) is 0. The van der Waals surface area contributed by atoms with E-state index in [9.17, 15) is 4.79 Å². The molecule has 0 atom stereocenters. The van der Waals surface area contributed by atoms with E-state index in [-0.39, 0.29) is 0 Å². The predicted octanol–water partition coefficient (Wildman–Crippen LogP) is 2.81. The number of carbonyl (C=O) groups excluding carboxylic acids is 1. The highest BCUT2D eigenvalue weighted by molar-refractivity contribution is 5.98. The molecule has 25 heavy (non-hydrogen) atoms. The zero-order valence-corrected chi connectivity index (χ0v) is 14.1. The van der Waals surface area contributed by atoms with Crippen LogP contribution in [0.2, 0.25) is 0 Å². The standard InChI is InChI=1S/C20H22N4O/c21-19(25)17-7-4-10-24-14-18(22-20(17)24)16-8-11-23(12-9-16)13-15-5-2-1-3-6-15/h1-7,10,14,16H,8-9,11-13H2,(H2,21,25). The summed E-state index contributed by atoms with van der Waals surface area (Å²) in [4.78, 5) is 18.8. The van der Waals surface area contributed by atoms with Gasteiger partial charge >= 0.3 is 0 Å². The Bertz CT molecular complexity index is 879. The lowest BCUT2D eigenvalue weighted by Gasteiger charge is -2.31. The molecule has 4 rings (SSSR count). The lowest BCUT2D eigenvalue weighted by Crippen LogP contribution is -2.32. The van der Waals surface area contributed by atoms with Gasteiger partial charge in [0.1, 0.15) is 5.65 Å². The first-order valence-corrected chi connectivity index (χ1v) is 8.74. The predicted molar refractivity (Wildman–Crippen MR) is 97.4 cm³/mol. The normalized spacial score (nSPS) is 16.3. The number of aromatic nitrogens is 2. The van der Waals surface area contributed by atoms with Gasteiger partial charge in [0, 0.05) is 24.9 Å². The molecule has 2 N–H and O–H groups in total. The van der Waals surface area contributed by atoms with Crippen LogP contribution in [0.3, 0.4) is 0 Å². The fraction of sp³-hybridized carbons (Fsp3) is 0.300. The summed E-state index contributed by atoms with van der Waals surface area (Å²) in [5, 5.41) is 0. The first-order chi connectivity index (χ1) is 12.2. The number of fused-ring (bicyclic) bond motifs is 1. The van der Waals surface area contributed by atoms with Gasteiger partial charge in [0.05, 0.1) is 11.3 Å². The maximum Gasteiger partial charge on any atom is 0.252 e. The number of carbonyl (C=O) groups is 1. The number of nitrogens with two attached hydrogens (primary N) is 1. The van der Waals surface area contributed by atoms with E-state index in [0.717, 1.165) is 38.2 Å². The van der Waals surface area contributed by atoms with E-state index < -0.39 is 5.91 Å². The van der Waals surface area contributed by atoms with E-state index >= 15 is 0 Å². The molecule has 1 saturated heterocycles. The van der Waals surface area contributed by atoms with Gasteiger partial charge in [0.15, 0.2) is 0 Å². The molecule has 5 heteroatoms. The lowest BCUT2D eigenvalue weighted by atomic mass is 9.94.